The minimum absolute atomic E-state index is 0.150. The molecule has 0 spiro atoms. The van der Waals surface area contributed by atoms with E-state index in [2.05, 4.69) is 0 Å². The van der Waals surface area contributed by atoms with Gasteiger partial charge in [0.05, 0.1) is 12.7 Å². The van der Waals surface area contributed by atoms with E-state index in [0.29, 0.717) is 17.7 Å². The molecule has 3 nitrogen and oxygen atoms in total. The third kappa shape index (κ3) is 3.21. The van der Waals surface area contributed by atoms with Gasteiger partial charge in [0, 0.05) is 31.5 Å². The van der Waals surface area contributed by atoms with Crippen LogP contribution < -0.4 is 4.90 Å². The molecule has 18 heavy (non-hydrogen) atoms. The fourth-order valence-corrected chi connectivity index (χ4v) is 1.91. The molecule has 0 heterocycles. The predicted octanol–water partition coefficient (Wildman–Crippen LogP) is 2.66. The van der Waals surface area contributed by atoms with Gasteiger partial charge in [0.1, 0.15) is 5.82 Å². The van der Waals surface area contributed by atoms with Crippen molar-refractivity contribution in [2.45, 2.75) is 32.9 Å². The van der Waals surface area contributed by atoms with Gasteiger partial charge in [-0.15, -0.1) is 0 Å². The van der Waals surface area contributed by atoms with Crippen LogP contribution in [0.5, 0.6) is 0 Å². The zero-order chi connectivity index (χ0) is 13.9. The molecule has 0 amide bonds. The van der Waals surface area contributed by atoms with Crippen molar-refractivity contribution in [3.8, 4) is 0 Å². The van der Waals surface area contributed by atoms with Crippen molar-refractivity contribution in [3.05, 3.63) is 29.1 Å². The number of benzene rings is 1. The first-order valence-corrected chi connectivity index (χ1v) is 6.08. The Hall–Kier alpha value is -1.13. The fraction of sp³-hybridized carbons (Fsp3) is 0.571. The van der Waals surface area contributed by atoms with Gasteiger partial charge in [-0.05, 0) is 38.5 Å². The van der Waals surface area contributed by atoms with Gasteiger partial charge in [0.2, 0.25) is 0 Å². The van der Waals surface area contributed by atoms with E-state index in [9.17, 15) is 9.50 Å². The van der Waals surface area contributed by atoms with Crippen LogP contribution in [0.3, 0.4) is 0 Å². The molecule has 1 rings (SSSR count). The van der Waals surface area contributed by atoms with Crippen LogP contribution in [0.1, 0.15) is 31.1 Å². The lowest BCUT2D eigenvalue weighted by Crippen LogP contribution is -2.33. The zero-order valence-corrected chi connectivity index (χ0v) is 11.7. The molecule has 4 heteroatoms. The van der Waals surface area contributed by atoms with E-state index in [-0.39, 0.29) is 11.9 Å². The Morgan fingerprint density at radius 2 is 2.00 bits per heavy atom. The van der Waals surface area contributed by atoms with E-state index >= 15 is 0 Å². The molecule has 0 saturated carbocycles. The Bertz CT molecular complexity index is 407. The lowest BCUT2D eigenvalue weighted by molar-refractivity contribution is 0.182. The summed E-state index contributed by atoms with van der Waals surface area (Å²) in [6.07, 6.45) is -0.702. The number of methoxy groups -OCH3 is 1. The maximum atomic E-state index is 13.6. The summed E-state index contributed by atoms with van der Waals surface area (Å²) < 4.78 is 18.7. The molecule has 0 aromatic heterocycles. The zero-order valence-electron chi connectivity index (χ0n) is 11.7. The highest BCUT2D eigenvalue weighted by molar-refractivity contribution is 5.56. The van der Waals surface area contributed by atoms with E-state index in [1.807, 2.05) is 18.9 Å². The Kier molecular flexibility index (Phi) is 5.11. The summed E-state index contributed by atoms with van der Waals surface area (Å²) in [6.45, 7) is 5.96. The van der Waals surface area contributed by atoms with Gasteiger partial charge in [0.15, 0.2) is 0 Å². The van der Waals surface area contributed by atoms with Gasteiger partial charge in [-0.3, -0.25) is 0 Å². The number of hydrogen-bond acceptors (Lipinski definition) is 3. The first-order chi connectivity index (χ1) is 8.38. The van der Waals surface area contributed by atoms with Crippen molar-refractivity contribution in [1.29, 1.82) is 0 Å². The topological polar surface area (TPSA) is 32.7 Å². The predicted molar refractivity (Wildman–Crippen MR) is 71.5 cm³/mol. The van der Waals surface area contributed by atoms with Crippen molar-refractivity contribution < 1.29 is 14.2 Å². The Morgan fingerprint density at radius 3 is 2.50 bits per heavy atom. The fourth-order valence-electron chi connectivity index (χ4n) is 1.91. The first-order valence-electron chi connectivity index (χ1n) is 6.08. The Morgan fingerprint density at radius 1 is 1.39 bits per heavy atom. The third-order valence-electron chi connectivity index (χ3n) is 3.21. The highest BCUT2D eigenvalue weighted by atomic mass is 19.1. The second kappa shape index (κ2) is 6.16. The van der Waals surface area contributed by atoms with Crippen molar-refractivity contribution >= 4 is 5.69 Å². The van der Waals surface area contributed by atoms with Gasteiger partial charge in [-0.1, -0.05) is 0 Å². The van der Waals surface area contributed by atoms with Crippen LogP contribution in [0.4, 0.5) is 10.1 Å². The van der Waals surface area contributed by atoms with Gasteiger partial charge in [-0.2, -0.15) is 0 Å². The molecule has 0 bridgehead atoms. The van der Waals surface area contributed by atoms with Crippen LogP contribution in [0.2, 0.25) is 0 Å². The maximum absolute atomic E-state index is 13.6. The van der Waals surface area contributed by atoms with Crippen LogP contribution in [-0.2, 0) is 4.74 Å². The highest BCUT2D eigenvalue weighted by Gasteiger charge is 2.18. The molecule has 102 valence electrons. The van der Waals surface area contributed by atoms with E-state index < -0.39 is 6.10 Å². The maximum Gasteiger partial charge on any atom is 0.126 e. The number of anilines is 1. The van der Waals surface area contributed by atoms with Gasteiger partial charge in [0.25, 0.3) is 0 Å². The summed E-state index contributed by atoms with van der Waals surface area (Å²) >= 11 is 0. The summed E-state index contributed by atoms with van der Waals surface area (Å²) in [5.41, 5.74) is 2.02. The largest absolute Gasteiger partial charge is 0.389 e. The average Bonchev–Trinajstić information content (AvgIpc) is 2.31. The number of halogens is 1. The number of ether oxygens (including phenoxy) is 1. The summed E-state index contributed by atoms with van der Waals surface area (Å²) in [4.78, 5) is 2.00. The standard InChI is InChI=1S/C14H22FNO2/c1-9-6-14(16(4)10(2)8-18-5)12(11(3)17)7-13(9)15/h6-7,10-11,17H,8H2,1-5H3/t10?,11-/m1/s1. The summed E-state index contributed by atoms with van der Waals surface area (Å²) in [5, 5.41) is 9.76. The van der Waals surface area contributed by atoms with Crippen LogP contribution >= 0.6 is 0 Å². The van der Waals surface area contributed by atoms with E-state index in [1.165, 1.54) is 6.07 Å². The summed E-state index contributed by atoms with van der Waals surface area (Å²) in [5.74, 6) is -0.289. The van der Waals surface area contributed by atoms with Crippen LogP contribution in [0.25, 0.3) is 0 Å². The van der Waals surface area contributed by atoms with E-state index in [1.54, 1.807) is 27.0 Å². The molecular formula is C14H22FNO2. The van der Waals surface area contributed by atoms with Gasteiger partial charge in [-0.25, -0.2) is 4.39 Å². The quantitative estimate of drug-likeness (QED) is 0.878. The number of aryl methyl sites for hydroxylation is 1. The van der Waals surface area contributed by atoms with Crippen LogP contribution in [-0.4, -0.2) is 31.9 Å². The number of likely N-dealkylation sites (N-methyl/N-ethyl adjacent to an activating group) is 1. The normalized spacial score (nSPS) is 14.4. The van der Waals surface area contributed by atoms with Crippen LogP contribution in [0.15, 0.2) is 12.1 Å². The second-order valence-electron chi connectivity index (χ2n) is 4.75. The molecule has 1 N–H and O–H groups in total. The first kappa shape index (κ1) is 14.9. The molecule has 0 saturated heterocycles. The van der Waals surface area contributed by atoms with Crippen molar-refractivity contribution in [3.63, 3.8) is 0 Å². The molecule has 1 aromatic rings. The molecule has 0 fully saturated rings. The van der Waals surface area contributed by atoms with E-state index in [0.717, 1.165) is 5.69 Å². The van der Waals surface area contributed by atoms with Gasteiger partial charge >= 0.3 is 0 Å². The minimum Gasteiger partial charge on any atom is -0.389 e. The molecule has 0 aliphatic carbocycles. The van der Waals surface area contributed by atoms with Gasteiger partial charge < -0.3 is 14.7 Å². The molecule has 2 atom stereocenters. The lowest BCUT2D eigenvalue weighted by atomic mass is 10.0. The SMILES string of the molecule is COCC(C)N(C)c1cc(C)c(F)cc1[C@@H](C)O. The molecule has 0 aliphatic heterocycles. The Labute approximate surface area is 108 Å². The third-order valence-corrected chi connectivity index (χ3v) is 3.21. The smallest absolute Gasteiger partial charge is 0.126 e. The van der Waals surface area contributed by atoms with Crippen molar-refractivity contribution in [2.75, 3.05) is 25.7 Å². The molecular weight excluding hydrogens is 233 g/mol. The molecule has 0 aliphatic rings. The van der Waals surface area contributed by atoms with Crippen LogP contribution in [0, 0.1) is 12.7 Å². The highest BCUT2D eigenvalue weighted by Crippen LogP contribution is 2.29. The summed E-state index contributed by atoms with van der Waals surface area (Å²) in [7, 11) is 3.57. The number of nitrogens with zero attached hydrogens (tertiary/aromatic N) is 1. The lowest BCUT2D eigenvalue weighted by Gasteiger charge is -2.29. The van der Waals surface area contributed by atoms with Crippen molar-refractivity contribution in [1.82, 2.24) is 0 Å². The van der Waals surface area contributed by atoms with Crippen molar-refractivity contribution in [2.24, 2.45) is 0 Å². The molecule has 1 unspecified atom stereocenters. The minimum atomic E-state index is -0.702. The number of hydrogen-bond donors (Lipinski definition) is 1. The number of aliphatic hydroxyl groups is 1. The molecule has 1 aromatic carbocycles. The molecule has 0 radical (unpaired) electrons. The summed E-state index contributed by atoms with van der Waals surface area (Å²) in [6, 6.07) is 3.33. The Balaban J connectivity index is 3.17. The average molecular weight is 255 g/mol. The number of aliphatic hydroxyl groups excluding tert-OH is 1. The van der Waals surface area contributed by atoms with E-state index in [4.69, 9.17) is 4.74 Å². The second-order valence-corrected chi connectivity index (χ2v) is 4.75. The number of rotatable bonds is 5. The monoisotopic (exact) mass is 255 g/mol.